The van der Waals surface area contributed by atoms with Gasteiger partial charge in [0.2, 0.25) is 0 Å². The van der Waals surface area contributed by atoms with E-state index in [0.717, 1.165) is 31.8 Å². The molecule has 1 aromatic carbocycles. The molecule has 0 unspecified atom stereocenters. The molecule has 2 aromatic rings. The summed E-state index contributed by atoms with van der Waals surface area (Å²) in [5.74, 6) is 1.11. The Labute approximate surface area is 120 Å². The molecule has 0 amide bonds. The second-order valence-corrected chi connectivity index (χ2v) is 6.16. The van der Waals surface area contributed by atoms with Crippen molar-refractivity contribution in [1.82, 2.24) is 20.1 Å². The molecule has 0 aliphatic carbocycles. The Balaban J connectivity index is 1.78. The Hall–Kier alpha value is -1.68. The quantitative estimate of drug-likeness (QED) is 0.906. The van der Waals surface area contributed by atoms with Crippen molar-refractivity contribution in [2.45, 2.75) is 32.7 Å². The first-order valence-electron chi connectivity index (χ1n) is 7.32. The van der Waals surface area contributed by atoms with Crippen molar-refractivity contribution < 1.29 is 0 Å². The standard InChI is InChI=1S/C16H22N4/c1-13(2)20-15(18-12-19-20)9-16(10-17-11-16)8-14-6-4-3-5-7-14/h3-7,12-13,17H,8-11H2,1-2H3. The maximum Gasteiger partial charge on any atom is 0.138 e. The number of nitrogens with one attached hydrogen (secondary N) is 1. The maximum absolute atomic E-state index is 4.47. The molecule has 4 heteroatoms. The van der Waals surface area contributed by atoms with Crippen molar-refractivity contribution in [2.24, 2.45) is 5.41 Å². The van der Waals surface area contributed by atoms with Gasteiger partial charge >= 0.3 is 0 Å². The third-order valence-corrected chi connectivity index (χ3v) is 4.09. The lowest BCUT2D eigenvalue weighted by Gasteiger charge is -2.43. The molecule has 0 saturated carbocycles. The van der Waals surface area contributed by atoms with Crippen molar-refractivity contribution >= 4 is 0 Å². The summed E-state index contributed by atoms with van der Waals surface area (Å²) in [6.45, 7) is 6.43. The largest absolute Gasteiger partial charge is 0.315 e. The second-order valence-electron chi connectivity index (χ2n) is 6.16. The third kappa shape index (κ3) is 2.61. The average molecular weight is 270 g/mol. The lowest BCUT2D eigenvalue weighted by Crippen LogP contribution is -2.56. The highest BCUT2D eigenvalue weighted by Crippen LogP contribution is 2.31. The molecule has 4 nitrogen and oxygen atoms in total. The summed E-state index contributed by atoms with van der Waals surface area (Å²) < 4.78 is 2.05. The third-order valence-electron chi connectivity index (χ3n) is 4.09. The van der Waals surface area contributed by atoms with Gasteiger partial charge in [-0.05, 0) is 25.8 Å². The number of aromatic nitrogens is 3. The van der Waals surface area contributed by atoms with E-state index in [-0.39, 0.29) is 0 Å². The summed E-state index contributed by atoms with van der Waals surface area (Å²) in [5.41, 5.74) is 1.70. The van der Waals surface area contributed by atoms with E-state index in [1.165, 1.54) is 5.56 Å². The normalized spacial score (nSPS) is 17.1. The summed E-state index contributed by atoms with van der Waals surface area (Å²) >= 11 is 0. The van der Waals surface area contributed by atoms with Gasteiger partial charge < -0.3 is 5.32 Å². The molecule has 3 rings (SSSR count). The van der Waals surface area contributed by atoms with Crippen LogP contribution >= 0.6 is 0 Å². The van der Waals surface area contributed by atoms with Crippen molar-refractivity contribution in [3.63, 3.8) is 0 Å². The molecule has 1 N–H and O–H groups in total. The summed E-state index contributed by atoms with van der Waals surface area (Å²) in [6.07, 6.45) is 3.77. The van der Waals surface area contributed by atoms with Gasteiger partial charge in [-0.1, -0.05) is 30.3 Å². The molecule has 106 valence electrons. The lowest BCUT2D eigenvalue weighted by atomic mass is 9.73. The van der Waals surface area contributed by atoms with Crippen LogP contribution in [0.4, 0.5) is 0 Å². The van der Waals surface area contributed by atoms with Crippen LogP contribution in [0.2, 0.25) is 0 Å². The summed E-state index contributed by atoms with van der Waals surface area (Å²) in [5, 5.41) is 7.78. The molecule has 1 aliphatic rings. The van der Waals surface area contributed by atoms with E-state index in [1.54, 1.807) is 6.33 Å². The maximum atomic E-state index is 4.47. The topological polar surface area (TPSA) is 42.7 Å². The van der Waals surface area contributed by atoms with Crippen molar-refractivity contribution in [3.8, 4) is 0 Å². The number of hydrogen-bond donors (Lipinski definition) is 1. The zero-order valence-corrected chi connectivity index (χ0v) is 12.2. The number of hydrogen-bond acceptors (Lipinski definition) is 3. The Morgan fingerprint density at radius 1 is 1.20 bits per heavy atom. The van der Waals surface area contributed by atoms with Crippen LogP contribution in [0.25, 0.3) is 0 Å². The fourth-order valence-corrected chi connectivity index (χ4v) is 2.99. The SMILES string of the molecule is CC(C)n1ncnc1CC1(Cc2ccccc2)CNC1. The minimum atomic E-state index is 0.293. The minimum Gasteiger partial charge on any atom is -0.315 e. The Morgan fingerprint density at radius 2 is 1.95 bits per heavy atom. The van der Waals surface area contributed by atoms with E-state index in [1.807, 2.05) is 4.68 Å². The molecule has 1 aromatic heterocycles. The highest BCUT2D eigenvalue weighted by atomic mass is 15.3. The molecule has 1 aliphatic heterocycles. The van der Waals surface area contributed by atoms with Gasteiger partial charge in [-0.25, -0.2) is 9.67 Å². The monoisotopic (exact) mass is 270 g/mol. The minimum absolute atomic E-state index is 0.293. The smallest absolute Gasteiger partial charge is 0.138 e. The number of benzene rings is 1. The van der Waals surface area contributed by atoms with E-state index in [2.05, 4.69) is 59.6 Å². The van der Waals surface area contributed by atoms with E-state index >= 15 is 0 Å². The molecule has 2 heterocycles. The van der Waals surface area contributed by atoms with Crippen LogP contribution in [-0.2, 0) is 12.8 Å². The molecule has 20 heavy (non-hydrogen) atoms. The van der Waals surface area contributed by atoms with Crippen molar-refractivity contribution in [2.75, 3.05) is 13.1 Å². The van der Waals surface area contributed by atoms with Crippen LogP contribution in [-0.4, -0.2) is 27.9 Å². The summed E-state index contributed by atoms with van der Waals surface area (Å²) in [7, 11) is 0. The van der Waals surface area contributed by atoms with Crippen LogP contribution in [0.3, 0.4) is 0 Å². The Morgan fingerprint density at radius 3 is 2.55 bits per heavy atom. The Kier molecular flexibility index (Phi) is 3.57. The van der Waals surface area contributed by atoms with Crippen LogP contribution in [0.5, 0.6) is 0 Å². The van der Waals surface area contributed by atoms with E-state index in [0.29, 0.717) is 11.5 Å². The summed E-state index contributed by atoms with van der Waals surface area (Å²) in [6, 6.07) is 11.1. The van der Waals surface area contributed by atoms with Gasteiger partial charge in [0.15, 0.2) is 0 Å². The van der Waals surface area contributed by atoms with Crippen molar-refractivity contribution in [1.29, 1.82) is 0 Å². The van der Waals surface area contributed by atoms with Crippen LogP contribution in [0.15, 0.2) is 36.7 Å². The summed E-state index contributed by atoms with van der Waals surface area (Å²) in [4.78, 5) is 4.47. The van der Waals surface area contributed by atoms with Gasteiger partial charge in [-0.2, -0.15) is 5.10 Å². The highest BCUT2D eigenvalue weighted by molar-refractivity contribution is 5.19. The second kappa shape index (κ2) is 5.37. The van der Waals surface area contributed by atoms with Crippen LogP contribution < -0.4 is 5.32 Å². The first kappa shape index (κ1) is 13.3. The highest BCUT2D eigenvalue weighted by Gasteiger charge is 2.38. The van der Waals surface area contributed by atoms with E-state index < -0.39 is 0 Å². The van der Waals surface area contributed by atoms with Crippen LogP contribution in [0, 0.1) is 5.41 Å². The van der Waals surface area contributed by atoms with Crippen LogP contribution in [0.1, 0.15) is 31.3 Å². The zero-order chi connectivity index (χ0) is 14.0. The van der Waals surface area contributed by atoms with E-state index in [4.69, 9.17) is 0 Å². The first-order valence-corrected chi connectivity index (χ1v) is 7.32. The lowest BCUT2D eigenvalue weighted by molar-refractivity contribution is 0.160. The molecular weight excluding hydrogens is 248 g/mol. The predicted octanol–water partition coefficient (Wildman–Crippen LogP) is 2.23. The average Bonchev–Trinajstić information content (AvgIpc) is 2.85. The number of rotatable bonds is 5. The molecular formula is C16H22N4. The Bertz CT molecular complexity index is 555. The fourth-order valence-electron chi connectivity index (χ4n) is 2.99. The van der Waals surface area contributed by atoms with Gasteiger partial charge in [0, 0.05) is 31.0 Å². The zero-order valence-electron chi connectivity index (χ0n) is 12.2. The fraction of sp³-hybridized carbons (Fsp3) is 0.500. The van der Waals surface area contributed by atoms with Gasteiger partial charge in [-0.3, -0.25) is 0 Å². The molecule has 0 bridgehead atoms. The number of nitrogens with zero attached hydrogens (tertiary/aromatic N) is 3. The predicted molar refractivity (Wildman–Crippen MR) is 79.6 cm³/mol. The van der Waals surface area contributed by atoms with Gasteiger partial charge in [-0.15, -0.1) is 0 Å². The van der Waals surface area contributed by atoms with Gasteiger partial charge in [0.05, 0.1) is 0 Å². The van der Waals surface area contributed by atoms with Crippen molar-refractivity contribution in [3.05, 3.63) is 48.0 Å². The first-order chi connectivity index (χ1) is 9.69. The molecule has 1 saturated heterocycles. The molecule has 0 radical (unpaired) electrons. The molecule has 1 fully saturated rings. The van der Waals surface area contributed by atoms with E-state index in [9.17, 15) is 0 Å². The van der Waals surface area contributed by atoms with Gasteiger partial charge in [0.25, 0.3) is 0 Å². The molecule has 0 atom stereocenters. The van der Waals surface area contributed by atoms with Gasteiger partial charge in [0.1, 0.15) is 12.2 Å². The molecule has 0 spiro atoms.